The standard InChI is InChI=1S/C11H10N2O4/c1-2-17-11(14)9-6-7-8(12-9)4-3-5-10(7)13(15)16/h3-6,12H,2H2,1H3. The van der Waals surface area contributed by atoms with Crippen LogP contribution in [0.15, 0.2) is 24.3 Å². The van der Waals surface area contributed by atoms with Crippen molar-refractivity contribution in [3.8, 4) is 0 Å². The molecule has 6 heteroatoms. The smallest absolute Gasteiger partial charge is 0.354 e. The molecule has 0 amide bonds. The highest BCUT2D eigenvalue weighted by Crippen LogP contribution is 2.26. The van der Waals surface area contributed by atoms with Crippen molar-refractivity contribution >= 4 is 22.6 Å². The predicted octanol–water partition coefficient (Wildman–Crippen LogP) is 2.25. The van der Waals surface area contributed by atoms with Gasteiger partial charge in [-0.3, -0.25) is 10.1 Å². The van der Waals surface area contributed by atoms with E-state index in [1.807, 2.05) is 0 Å². The minimum atomic E-state index is -0.516. The van der Waals surface area contributed by atoms with Crippen LogP contribution in [0, 0.1) is 10.1 Å². The molecule has 0 aliphatic heterocycles. The number of fused-ring (bicyclic) bond motifs is 1. The Labute approximate surface area is 96.3 Å². The Hall–Kier alpha value is -2.37. The van der Waals surface area contributed by atoms with Crippen LogP contribution in [0.25, 0.3) is 10.9 Å². The molecule has 0 fully saturated rings. The molecule has 2 aromatic rings. The lowest BCUT2D eigenvalue weighted by molar-refractivity contribution is -0.383. The number of esters is 1. The molecule has 0 bridgehead atoms. The number of nitro groups is 1. The predicted molar refractivity (Wildman–Crippen MR) is 60.9 cm³/mol. The van der Waals surface area contributed by atoms with E-state index in [4.69, 9.17) is 4.74 Å². The average molecular weight is 234 g/mol. The van der Waals surface area contributed by atoms with E-state index in [2.05, 4.69) is 4.98 Å². The molecule has 0 saturated carbocycles. The Morgan fingerprint density at radius 1 is 1.53 bits per heavy atom. The van der Waals surface area contributed by atoms with Gasteiger partial charge in [0.25, 0.3) is 5.69 Å². The number of ether oxygens (including phenoxy) is 1. The molecule has 6 nitrogen and oxygen atoms in total. The third-order valence-electron chi connectivity index (χ3n) is 2.33. The molecule has 1 heterocycles. The summed E-state index contributed by atoms with van der Waals surface area (Å²) < 4.78 is 4.82. The van der Waals surface area contributed by atoms with Gasteiger partial charge in [0.1, 0.15) is 5.69 Å². The Kier molecular flexibility index (Phi) is 2.78. The molecule has 1 aromatic heterocycles. The third-order valence-corrected chi connectivity index (χ3v) is 2.33. The van der Waals surface area contributed by atoms with E-state index in [-0.39, 0.29) is 18.0 Å². The van der Waals surface area contributed by atoms with Crippen LogP contribution in [-0.4, -0.2) is 22.5 Å². The zero-order valence-electron chi connectivity index (χ0n) is 9.10. The fraction of sp³-hybridized carbons (Fsp3) is 0.182. The summed E-state index contributed by atoms with van der Waals surface area (Å²) in [4.78, 5) is 24.6. The van der Waals surface area contributed by atoms with Crippen molar-refractivity contribution in [2.24, 2.45) is 0 Å². The summed E-state index contributed by atoms with van der Waals surface area (Å²) in [6.45, 7) is 1.96. The van der Waals surface area contributed by atoms with Crippen LogP contribution in [-0.2, 0) is 4.74 Å². The van der Waals surface area contributed by atoms with Crippen molar-refractivity contribution in [2.75, 3.05) is 6.61 Å². The van der Waals surface area contributed by atoms with Gasteiger partial charge in [-0.25, -0.2) is 4.79 Å². The largest absolute Gasteiger partial charge is 0.461 e. The molecule has 1 N–H and O–H groups in total. The second-order valence-corrected chi connectivity index (χ2v) is 3.40. The van der Waals surface area contributed by atoms with Crippen molar-refractivity contribution in [1.29, 1.82) is 0 Å². The van der Waals surface area contributed by atoms with Crippen LogP contribution in [0.3, 0.4) is 0 Å². The van der Waals surface area contributed by atoms with Crippen LogP contribution < -0.4 is 0 Å². The molecule has 0 aliphatic carbocycles. The number of nitrogens with one attached hydrogen (secondary N) is 1. The number of rotatable bonds is 3. The number of carbonyl (C=O) groups is 1. The number of nitro benzene ring substituents is 1. The quantitative estimate of drug-likeness (QED) is 0.501. The molecule has 0 aliphatic rings. The van der Waals surface area contributed by atoms with Crippen molar-refractivity contribution < 1.29 is 14.5 Å². The van der Waals surface area contributed by atoms with Gasteiger partial charge in [0.2, 0.25) is 0 Å². The first-order valence-corrected chi connectivity index (χ1v) is 5.06. The highest BCUT2D eigenvalue weighted by molar-refractivity contribution is 5.98. The zero-order valence-corrected chi connectivity index (χ0v) is 9.10. The maximum Gasteiger partial charge on any atom is 0.354 e. The van der Waals surface area contributed by atoms with Crippen LogP contribution in [0.2, 0.25) is 0 Å². The molecule has 0 unspecified atom stereocenters. The maximum absolute atomic E-state index is 11.5. The van der Waals surface area contributed by atoms with Gasteiger partial charge in [0, 0.05) is 6.07 Å². The van der Waals surface area contributed by atoms with Gasteiger partial charge in [-0.15, -0.1) is 0 Å². The van der Waals surface area contributed by atoms with Crippen LogP contribution >= 0.6 is 0 Å². The highest BCUT2D eigenvalue weighted by Gasteiger charge is 2.17. The van der Waals surface area contributed by atoms with E-state index < -0.39 is 10.9 Å². The van der Waals surface area contributed by atoms with Crippen LogP contribution in [0.4, 0.5) is 5.69 Å². The first-order chi connectivity index (χ1) is 8.13. The maximum atomic E-state index is 11.5. The molecular formula is C11H10N2O4. The van der Waals surface area contributed by atoms with E-state index >= 15 is 0 Å². The monoisotopic (exact) mass is 234 g/mol. The van der Waals surface area contributed by atoms with Crippen molar-refractivity contribution in [3.05, 3.63) is 40.1 Å². The van der Waals surface area contributed by atoms with E-state index in [0.29, 0.717) is 10.9 Å². The summed E-state index contributed by atoms with van der Waals surface area (Å²) in [5, 5.41) is 11.2. The van der Waals surface area contributed by atoms with Crippen molar-refractivity contribution in [1.82, 2.24) is 4.98 Å². The molecule has 0 saturated heterocycles. The molecule has 1 aromatic carbocycles. The lowest BCUT2D eigenvalue weighted by Crippen LogP contribution is -2.04. The Morgan fingerprint density at radius 3 is 2.94 bits per heavy atom. The van der Waals surface area contributed by atoms with Crippen molar-refractivity contribution in [3.63, 3.8) is 0 Å². The zero-order chi connectivity index (χ0) is 12.4. The summed E-state index contributed by atoms with van der Waals surface area (Å²) in [6, 6.07) is 6.06. The number of hydrogen-bond acceptors (Lipinski definition) is 4. The summed E-state index contributed by atoms with van der Waals surface area (Å²) >= 11 is 0. The fourth-order valence-electron chi connectivity index (χ4n) is 1.62. The van der Waals surface area contributed by atoms with Gasteiger partial charge >= 0.3 is 5.97 Å². The minimum absolute atomic E-state index is 0.0331. The van der Waals surface area contributed by atoms with E-state index in [1.54, 1.807) is 19.1 Å². The summed E-state index contributed by atoms with van der Waals surface area (Å²) in [7, 11) is 0. The lowest BCUT2D eigenvalue weighted by atomic mass is 10.2. The van der Waals surface area contributed by atoms with Gasteiger partial charge in [-0.05, 0) is 19.1 Å². The van der Waals surface area contributed by atoms with Gasteiger partial charge in [0.15, 0.2) is 0 Å². The second-order valence-electron chi connectivity index (χ2n) is 3.40. The summed E-state index contributed by atoms with van der Waals surface area (Å²) in [5.41, 5.74) is 0.729. The van der Waals surface area contributed by atoms with Crippen LogP contribution in [0.1, 0.15) is 17.4 Å². The molecule has 0 atom stereocenters. The topological polar surface area (TPSA) is 85.2 Å². The van der Waals surface area contributed by atoms with Crippen molar-refractivity contribution in [2.45, 2.75) is 6.92 Å². The Morgan fingerprint density at radius 2 is 2.29 bits per heavy atom. The molecule has 88 valence electrons. The minimum Gasteiger partial charge on any atom is -0.461 e. The average Bonchev–Trinajstić information content (AvgIpc) is 2.72. The number of H-pyrrole nitrogens is 1. The summed E-state index contributed by atoms with van der Waals surface area (Å²) in [5.74, 6) is -0.516. The number of nitrogens with zero attached hydrogens (tertiary/aromatic N) is 1. The first kappa shape index (κ1) is 11.1. The molecule has 0 spiro atoms. The van der Waals surface area contributed by atoms with E-state index in [0.717, 1.165) is 0 Å². The van der Waals surface area contributed by atoms with E-state index in [1.165, 1.54) is 12.1 Å². The number of carbonyl (C=O) groups excluding carboxylic acids is 1. The number of benzene rings is 1. The second kappa shape index (κ2) is 4.25. The Balaban J connectivity index is 2.54. The molecule has 2 rings (SSSR count). The first-order valence-electron chi connectivity index (χ1n) is 5.06. The lowest BCUT2D eigenvalue weighted by Gasteiger charge is -1.96. The number of aromatic nitrogens is 1. The van der Waals surface area contributed by atoms with Gasteiger partial charge in [-0.1, -0.05) is 6.07 Å². The highest BCUT2D eigenvalue weighted by atomic mass is 16.6. The number of hydrogen-bond donors (Lipinski definition) is 1. The SMILES string of the molecule is CCOC(=O)c1cc2c([N+](=O)[O-])cccc2[nH]1. The fourth-order valence-corrected chi connectivity index (χ4v) is 1.62. The van der Waals surface area contributed by atoms with Gasteiger partial charge < -0.3 is 9.72 Å². The molecule has 17 heavy (non-hydrogen) atoms. The number of non-ortho nitro benzene ring substituents is 1. The Bertz CT molecular complexity index is 588. The molecule has 0 radical (unpaired) electrons. The van der Waals surface area contributed by atoms with Gasteiger partial charge in [-0.2, -0.15) is 0 Å². The third kappa shape index (κ3) is 1.96. The van der Waals surface area contributed by atoms with Gasteiger partial charge in [0.05, 0.1) is 22.4 Å². The normalized spacial score (nSPS) is 10.4. The van der Waals surface area contributed by atoms with E-state index in [9.17, 15) is 14.9 Å². The summed E-state index contributed by atoms with van der Waals surface area (Å²) in [6.07, 6.45) is 0. The van der Waals surface area contributed by atoms with Crippen LogP contribution in [0.5, 0.6) is 0 Å². The number of aromatic amines is 1. The molecular weight excluding hydrogens is 224 g/mol.